The van der Waals surface area contributed by atoms with E-state index in [4.69, 9.17) is 42.6 Å². The molecule has 28 heteroatoms. The fourth-order valence-electron chi connectivity index (χ4n) is 7.83. The van der Waals surface area contributed by atoms with E-state index in [0.29, 0.717) is 0 Å². The average molecular weight is 911 g/mol. The molecule has 5 saturated heterocycles. The maximum Gasteiger partial charge on any atom is 0.217 e. The average Bonchev–Trinajstić information content (AvgIpc) is 3.23. The van der Waals surface area contributed by atoms with Crippen LogP contribution in [0.15, 0.2) is 0 Å². The van der Waals surface area contributed by atoms with Gasteiger partial charge in [-0.25, -0.2) is 0 Å². The Labute approximate surface area is 351 Å². The molecule has 5 heterocycles. The Morgan fingerprint density at radius 3 is 1.16 bits per heavy atom. The molecule has 5 fully saturated rings. The Hall–Kier alpha value is -2.02. The zero-order valence-electron chi connectivity index (χ0n) is 33.2. The Balaban J connectivity index is 1.35. The highest BCUT2D eigenvalue weighted by molar-refractivity contribution is 5.73. The second-order valence-corrected chi connectivity index (χ2v) is 15.4. The number of ether oxygens (including phenoxy) is 9. The van der Waals surface area contributed by atoms with Gasteiger partial charge in [0.05, 0.1) is 33.0 Å². The molecule has 0 spiro atoms. The van der Waals surface area contributed by atoms with E-state index in [0.717, 1.165) is 13.8 Å². The number of hydrogen-bond acceptors (Lipinski definition) is 26. The zero-order valence-corrected chi connectivity index (χ0v) is 33.2. The van der Waals surface area contributed by atoms with E-state index in [1.165, 1.54) is 0 Å². The van der Waals surface area contributed by atoms with Crippen molar-refractivity contribution in [2.45, 2.75) is 167 Å². The van der Waals surface area contributed by atoms with Gasteiger partial charge in [-0.15, -0.1) is 0 Å². The Morgan fingerprint density at radius 1 is 0.387 bits per heavy atom. The summed E-state index contributed by atoms with van der Waals surface area (Å²) in [5, 5.41) is 163. The van der Waals surface area contributed by atoms with Crippen LogP contribution in [0.4, 0.5) is 0 Å². The van der Waals surface area contributed by atoms with Crippen molar-refractivity contribution in [2.75, 3.05) is 33.0 Å². The summed E-state index contributed by atoms with van der Waals surface area (Å²) < 4.78 is 50.6. The van der Waals surface area contributed by atoms with Gasteiger partial charge in [-0.3, -0.25) is 9.59 Å². The summed E-state index contributed by atoms with van der Waals surface area (Å²) >= 11 is 0. The normalized spacial score (nSPS) is 49.0. The fourth-order valence-corrected chi connectivity index (χ4v) is 7.83. The lowest BCUT2D eigenvalue weighted by molar-refractivity contribution is -0.389. The molecule has 5 aliphatic rings. The highest BCUT2D eigenvalue weighted by atomic mass is 16.8. The van der Waals surface area contributed by atoms with E-state index in [-0.39, 0.29) is 0 Å². The number of aliphatic hydroxyl groups is 15. The first-order valence-electron chi connectivity index (χ1n) is 19.6. The molecule has 360 valence electrons. The van der Waals surface area contributed by atoms with Crippen molar-refractivity contribution >= 4 is 11.8 Å². The summed E-state index contributed by atoms with van der Waals surface area (Å²) in [7, 11) is 0. The van der Waals surface area contributed by atoms with Crippen LogP contribution in [0.1, 0.15) is 13.8 Å². The van der Waals surface area contributed by atoms with Gasteiger partial charge in [-0.1, -0.05) is 0 Å². The Bertz CT molecular complexity index is 1440. The quantitative estimate of drug-likeness (QED) is 0.0725. The van der Waals surface area contributed by atoms with Crippen LogP contribution >= 0.6 is 0 Å². The maximum atomic E-state index is 12.4. The van der Waals surface area contributed by atoms with Gasteiger partial charge in [-0.05, 0) is 0 Å². The first-order valence-corrected chi connectivity index (χ1v) is 19.6. The van der Waals surface area contributed by atoms with Crippen LogP contribution < -0.4 is 10.6 Å². The number of aliphatic hydroxyl groups excluding tert-OH is 15. The van der Waals surface area contributed by atoms with Crippen LogP contribution in [0.3, 0.4) is 0 Å². The van der Waals surface area contributed by atoms with Crippen LogP contribution in [-0.2, 0) is 52.2 Å². The van der Waals surface area contributed by atoms with Crippen LogP contribution in [0.2, 0.25) is 0 Å². The maximum absolute atomic E-state index is 12.4. The highest BCUT2D eigenvalue weighted by Gasteiger charge is 2.57. The zero-order chi connectivity index (χ0) is 45.9. The SMILES string of the molecule is CC(=O)N[C@@H]1[C@@H](O)[C@H](O[C@@H]2O[C@H](CO)[C@@H](O[C@H]3O[C@H](CO)[C@@H](O)[C@H](O[C@H]4O[C@H](CO)[C@@H](O)[C@H](O[C@H]5O[C@H](CO)[C@@H](O)[C@H](O)[C@@H]5O)[C@@H]4O)[C@@H]3O)[C@H](O)[C@H]2NC(C)=O)[C@@H](CO)O[C@H]1O. The molecule has 0 radical (unpaired) electrons. The van der Waals surface area contributed by atoms with Crippen LogP contribution in [0, 0.1) is 0 Å². The smallest absolute Gasteiger partial charge is 0.217 e. The molecular formula is C34H58N2O26. The molecule has 17 N–H and O–H groups in total. The molecule has 0 aliphatic carbocycles. The minimum atomic E-state index is -2.16. The predicted molar refractivity (Wildman–Crippen MR) is 190 cm³/mol. The lowest BCUT2D eigenvalue weighted by Gasteiger charge is -2.50. The van der Waals surface area contributed by atoms with Crippen LogP contribution in [0.25, 0.3) is 0 Å². The van der Waals surface area contributed by atoms with Crippen molar-refractivity contribution in [2.24, 2.45) is 0 Å². The van der Waals surface area contributed by atoms with Gasteiger partial charge in [0.2, 0.25) is 11.8 Å². The topological polar surface area (TPSA) is 445 Å². The largest absolute Gasteiger partial charge is 0.394 e. The number of amides is 2. The number of nitrogens with one attached hydrogen (secondary N) is 2. The molecule has 0 aromatic heterocycles. The van der Waals surface area contributed by atoms with E-state index < -0.39 is 198 Å². The van der Waals surface area contributed by atoms with Crippen molar-refractivity contribution < 1.29 is 129 Å². The minimum Gasteiger partial charge on any atom is -0.394 e. The second-order valence-electron chi connectivity index (χ2n) is 15.4. The van der Waals surface area contributed by atoms with Crippen molar-refractivity contribution in [1.29, 1.82) is 0 Å². The summed E-state index contributed by atoms with van der Waals surface area (Å²) in [5.74, 6) is -1.47. The van der Waals surface area contributed by atoms with Crippen molar-refractivity contribution in [3.8, 4) is 0 Å². The molecule has 25 atom stereocenters. The first-order chi connectivity index (χ1) is 29.3. The van der Waals surface area contributed by atoms with Crippen molar-refractivity contribution in [3.05, 3.63) is 0 Å². The van der Waals surface area contributed by atoms with E-state index in [2.05, 4.69) is 10.6 Å². The van der Waals surface area contributed by atoms with Crippen molar-refractivity contribution in [1.82, 2.24) is 10.6 Å². The standard InChI is InChI=1S/C34H58N2O26/c1-8(42)35-15-20(47)26(13(6-40)54-30(15)53)59-31-16(36-9(2)43)21(48)27(14(7-41)58-31)60-33-24(51)29(19(46)11(4-38)56-33)62-34-25(52)28(18(45)12(5-39)57-34)61-32-23(50)22(49)17(44)10(3-37)55-32/h10-34,37-41,44-53H,3-7H2,1-2H3,(H,35,42)(H,36,43)/t10-,11-,12-,13-,14-,15-,16-,17-,18-,19-,20-,21-,22+,23+,24+,25+,26-,27-,28+,29+,30-,31+,32-,33-,34-/m1/s1. The molecule has 0 bridgehead atoms. The molecule has 5 aliphatic heterocycles. The van der Waals surface area contributed by atoms with Gasteiger partial charge >= 0.3 is 0 Å². The van der Waals surface area contributed by atoms with Gasteiger partial charge in [-0.2, -0.15) is 0 Å². The Kier molecular flexibility index (Phi) is 18.1. The second kappa shape index (κ2) is 22.0. The van der Waals surface area contributed by atoms with E-state index in [9.17, 15) is 86.2 Å². The van der Waals surface area contributed by atoms with Crippen molar-refractivity contribution in [3.63, 3.8) is 0 Å². The Morgan fingerprint density at radius 2 is 0.726 bits per heavy atom. The number of carbonyl (C=O) groups excluding carboxylic acids is 2. The van der Waals surface area contributed by atoms with Gasteiger partial charge in [0.15, 0.2) is 31.5 Å². The summed E-state index contributed by atoms with van der Waals surface area (Å²) in [5.41, 5.74) is 0. The third-order valence-electron chi connectivity index (χ3n) is 11.1. The van der Waals surface area contributed by atoms with Crippen LogP contribution in [0.5, 0.6) is 0 Å². The predicted octanol–water partition coefficient (Wildman–Crippen LogP) is -11.6. The van der Waals surface area contributed by atoms with Gasteiger partial charge < -0.3 is 130 Å². The first kappa shape index (κ1) is 51.0. The van der Waals surface area contributed by atoms with Gasteiger partial charge in [0.1, 0.15) is 122 Å². The highest BCUT2D eigenvalue weighted by Crippen LogP contribution is 2.35. The van der Waals surface area contributed by atoms with Gasteiger partial charge in [0.25, 0.3) is 0 Å². The molecular weight excluding hydrogens is 852 g/mol. The number of hydrogen-bond donors (Lipinski definition) is 17. The van der Waals surface area contributed by atoms with Crippen LogP contribution in [-0.4, -0.2) is 275 Å². The summed E-state index contributed by atoms with van der Waals surface area (Å²) in [6.45, 7) is -2.49. The van der Waals surface area contributed by atoms with E-state index in [1.54, 1.807) is 0 Å². The third kappa shape index (κ3) is 10.8. The molecule has 0 aromatic rings. The monoisotopic (exact) mass is 910 g/mol. The molecule has 0 saturated carbocycles. The molecule has 28 nitrogen and oxygen atoms in total. The van der Waals surface area contributed by atoms with E-state index >= 15 is 0 Å². The molecule has 62 heavy (non-hydrogen) atoms. The number of carbonyl (C=O) groups is 2. The van der Waals surface area contributed by atoms with Gasteiger partial charge in [0, 0.05) is 13.8 Å². The molecule has 2 amide bonds. The summed E-state index contributed by atoms with van der Waals surface area (Å²) in [6.07, 6.45) is -42.4. The summed E-state index contributed by atoms with van der Waals surface area (Å²) in [6, 6.07) is -3.15. The molecule has 5 rings (SSSR count). The lowest BCUT2D eigenvalue weighted by atomic mass is 9.94. The fraction of sp³-hybridized carbons (Fsp3) is 0.941. The molecule has 0 unspecified atom stereocenters. The van der Waals surface area contributed by atoms with E-state index in [1.807, 2.05) is 0 Å². The molecule has 0 aromatic carbocycles. The minimum absolute atomic E-state index is 0.685. The number of rotatable bonds is 15. The summed E-state index contributed by atoms with van der Waals surface area (Å²) in [4.78, 5) is 24.1. The third-order valence-corrected chi connectivity index (χ3v) is 11.1. The lowest BCUT2D eigenvalue weighted by Crippen LogP contribution is -2.70.